The third-order valence-electron chi connectivity index (χ3n) is 6.51. The summed E-state index contributed by atoms with van der Waals surface area (Å²) in [5.74, 6) is 0.737. The molecular formula is C24H32N8S. The maximum Gasteiger partial charge on any atom is 0.172 e. The van der Waals surface area contributed by atoms with Crippen LogP contribution in [0.15, 0.2) is 36.8 Å². The first-order valence-electron chi connectivity index (χ1n) is 12.0. The second kappa shape index (κ2) is 10.5. The number of nitrogens with zero attached hydrogens (tertiary/aromatic N) is 5. The first-order chi connectivity index (χ1) is 16.2. The van der Waals surface area contributed by atoms with E-state index in [2.05, 4.69) is 43.2 Å². The predicted molar refractivity (Wildman–Crippen MR) is 136 cm³/mol. The van der Waals surface area contributed by atoms with Crippen LogP contribution >= 0.6 is 12.2 Å². The molecule has 0 atom stereocenters. The predicted octanol–water partition coefficient (Wildman–Crippen LogP) is 3.02. The van der Waals surface area contributed by atoms with E-state index in [1.54, 1.807) is 0 Å². The van der Waals surface area contributed by atoms with Gasteiger partial charge in [-0.25, -0.2) is 4.98 Å². The molecule has 1 saturated heterocycles. The van der Waals surface area contributed by atoms with E-state index in [4.69, 9.17) is 17.2 Å². The zero-order valence-corrected chi connectivity index (χ0v) is 19.8. The highest BCUT2D eigenvalue weighted by Crippen LogP contribution is 2.23. The van der Waals surface area contributed by atoms with Crippen molar-refractivity contribution in [3.63, 3.8) is 0 Å². The number of nitrogens with one attached hydrogen (secondary N) is 3. The Kier molecular flexibility index (Phi) is 7.09. The van der Waals surface area contributed by atoms with Gasteiger partial charge in [0, 0.05) is 62.3 Å². The van der Waals surface area contributed by atoms with Crippen molar-refractivity contribution in [3.05, 3.63) is 36.8 Å². The van der Waals surface area contributed by atoms with E-state index in [9.17, 15) is 0 Å². The molecular weight excluding hydrogens is 432 g/mol. The average molecular weight is 465 g/mol. The maximum absolute atomic E-state index is 5.48. The largest absolute Gasteiger partial charge is 0.360 e. The molecule has 2 aliphatic rings. The van der Waals surface area contributed by atoms with Gasteiger partial charge in [-0.1, -0.05) is 12.8 Å². The molecule has 4 heterocycles. The van der Waals surface area contributed by atoms with Crippen molar-refractivity contribution in [2.45, 2.75) is 44.7 Å². The van der Waals surface area contributed by atoms with Crippen molar-refractivity contribution in [2.75, 3.05) is 38.0 Å². The molecule has 0 bridgehead atoms. The van der Waals surface area contributed by atoms with Gasteiger partial charge in [0.2, 0.25) is 0 Å². The Morgan fingerprint density at radius 1 is 1.06 bits per heavy atom. The minimum absolute atomic E-state index is 0.479. The molecule has 3 aromatic heterocycles. The molecule has 0 spiro atoms. The number of pyridine rings is 2. The maximum atomic E-state index is 5.48. The van der Waals surface area contributed by atoms with Crippen LogP contribution < -0.4 is 16.0 Å². The molecule has 33 heavy (non-hydrogen) atoms. The highest BCUT2D eigenvalue weighted by Gasteiger charge is 2.16. The van der Waals surface area contributed by atoms with E-state index in [1.807, 2.05) is 29.2 Å². The average Bonchev–Trinajstić information content (AvgIpc) is 3.52. The number of piperazine rings is 1. The summed E-state index contributed by atoms with van der Waals surface area (Å²) in [7, 11) is 0. The zero-order valence-electron chi connectivity index (χ0n) is 19.0. The summed E-state index contributed by atoms with van der Waals surface area (Å²) in [6.45, 7) is 6.49. The van der Waals surface area contributed by atoms with Gasteiger partial charge in [-0.3, -0.25) is 9.67 Å². The molecule has 0 aromatic carbocycles. The van der Waals surface area contributed by atoms with E-state index in [1.165, 1.54) is 25.7 Å². The van der Waals surface area contributed by atoms with Crippen molar-refractivity contribution < 1.29 is 0 Å². The van der Waals surface area contributed by atoms with Crippen LogP contribution in [0.1, 0.15) is 32.1 Å². The van der Waals surface area contributed by atoms with Gasteiger partial charge in [-0.15, -0.1) is 0 Å². The lowest BCUT2D eigenvalue weighted by molar-refractivity contribution is 0.233. The molecule has 1 aliphatic carbocycles. The van der Waals surface area contributed by atoms with Crippen LogP contribution in [0.3, 0.4) is 0 Å². The zero-order chi connectivity index (χ0) is 22.5. The van der Waals surface area contributed by atoms with Gasteiger partial charge in [0.15, 0.2) is 5.11 Å². The van der Waals surface area contributed by atoms with Crippen molar-refractivity contribution >= 4 is 34.2 Å². The topological polar surface area (TPSA) is 82.9 Å². The molecule has 1 aliphatic heterocycles. The SMILES string of the molecule is S=C(Nc1ccc2ncc(-c3cnn(CCCN4CCNCC4)c3)cc2n1)NC1CCCC1. The fraction of sp³-hybridized carbons (Fsp3) is 0.500. The lowest BCUT2D eigenvalue weighted by atomic mass is 10.1. The molecule has 3 aromatic rings. The highest BCUT2D eigenvalue weighted by molar-refractivity contribution is 7.80. The fourth-order valence-corrected chi connectivity index (χ4v) is 4.94. The van der Waals surface area contributed by atoms with Crippen LogP contribution in [0, 0.1) is 0 Å². The molecule has 0 unspecified atom stereocenters. The normalized spacial score (nSPS) is 17.5. The summed E-state index contributed by atoms with van der Waals surface area (Å²) >= 11 is 5.48. The molecule has 0 radical (unpaired) electrons. The Balaban J connectivity index is 1.21. The Morgan fingerprint density at radius 3 is 2.76 bits per heavy atom. The number of anilines is 1. The van der Waals surface area contributed by atoms with E-state index < -0.39 is 0 Å². The summed E-state index contributed by atoms with van der Waals surface area (Å²) in [6.07, 6.45) is 11.9. The Bertz CT molecular complexity index is 1090. The van der Waals surface area contributed by atoms with Gasteiger partial charge in [-0.2, -0.15) is 5.10 Å². The lowest BCUT2D eigenvalue weighted by Gasteiger charge is -2.26. The van der Waals surface area contributed by atoms with Gasteiger partial charge in [-0.05, 0) is 56.2 Å². The van der Waals surface area contributed by atoms with E-state index in [-0.39, 0.29) is 0 Å². The number of rotatable bonds is 7. The van der Waals surface area contributed by atoms with Gasteiger partial charge >= 0.3 is 0 Å². The summed E-state index contributed by atoms with van der Waals surface area (Å²) in [5, 5.41) is 15.2. The Labute approximate surface area is 200 Å². The molecule has 3 N–H and O–H groups in total. The van der Waals surface area contributed by atoms with Crippen LogP contribution in [0.5, 0.6) is 0 Å². The van der Waals surface area contributed by atoms with Crippen LogP contribution in [-0.4, -0.2) is 68.5 Å². The quantitative estimate of drug-likeness (QED) is 0.461. The summed E-state index contributed by atoms with van der Waals surface area (Å²) in [4.78, 5) is 11.9. The van der Waals surface area contributed by atoms with Gasteiger partial charge < -0.3 is 20.9 Å². The number of aryl methyl sites for hydroxylation is 1. The number of thiocarbonyl (C=S) groups is 1. The monoisotopic (exact) mass is 464 g/mol. The molecule has 5 rings (SSSR count). The lowest BCUT2D eigenvalue weighted by Crippen LogP contribution is -2.43. The smallest absolute Gasteiger partial charge is 0.172 e. The number of aromatic nitrogens is 4. The minimum atomic E-state index is 0.479. The first-order valence-corrected chi connectivity index (χ1v) is 12.4. The summed E-state index contributed by atoms with van der Waals surface area (Å²) in [6, 6.07) is 6.45. The third kappa shape index (κ3) is 5.85. The summed E-state index contributed by atoms with van der Waals surface area (Å²) in [5.41, 5.74) is 3.78. The molecule has 2 fully saturated rings. The number of hydrogen-bond acceptors (Lipinski definition) is 6. The second-order valence-electron chi connectivity index (χ2n) is 8.98. The van der Waals surface area contributed by atoms with E-state index in [0.29, 0.717) is 11.2 Å². The fourth-order valence-electron chi connectivity index (χ4n) is 4.67. The Morgan fingerprint density at radius 2 is 1.91 bits per heavy atom. The van der Waals surface area contributed by atoms with Crippen LogP contribution in [0.2, 0.25) is 0 Å². The van der Waals surface area contributed by atoms with Crippen LogP contribution in [0.25, 0.3) is 22.2 Å². The van der Waals surface area contributed by atoms with Crippen molar-refractivity contribution in [1.82, 2.24) is 35.3 Å². The second-order valence-corrected chi connectivity index (χ2v) is 9.38. The van der Waals surface area contributed by atoms with Gasteiger partial charge in [0.1, 0.15) is 5.82 Å². The standard InChI is InChI=1S/C24H32N8S/c33-24(28-20-4-1-2-5-20)30-23-7-6-21-22(29-23)14-18(15-26-21)19-16-27-32(17-19)11-3-10-31-12-8-25-9-13-31/h6-7,14-17,20,25H,1-5,8-13H2,(H2,28,29,30,33). The highest BCUT2D eigenvalue weighted by atomic mass is 32.1. The minimum Gasteiger partial charge on any atom is -0.360 e. The van der Waals surface area contributed by atoms with E-state index >= 15 is 0 Å². The third-order valence-corrected chi connectivity index (χ3v) is 6.73. The van der Waals surface area contributed by atoms with Crippen LogP contribution in [-0.2, 0) is 6.54 Å². The van der Waals surface area contributed by atoms with Crippen LogP contribution in [0.4, 0.5) is 5.82 Å². The Hall–Kier alpha value is -2.62. The first kappa shape index (κ1) is 22.2. The van der Waals surface area contributed by atoms with Crippen molar-refractivity contribution in [3.8, 4) is 11.1 Å². The molecule has 1 saturated carbocycles. The molecule has 8 nitrogen and oxygen atoms in total. The van der Waals surface area contributed by atoms with Gasteiger partial charge in [0.25, 0.3) is 0 Å². The number of hydrogen-bond donors (Lipinski definition) is 3. The number of fused-ring (bicyclic) bond motifs is 1. The van der Waals surface area contributed by atoms with Crippen molar-refractivity contribution in [2.24, 2.45) is 0 Å². The molecule has 0 amide bonds. The van der Waals surface area contributed by atoms with Crippen molar-refractivity contribution in [1.29, 1.82) is 0 Å². The molecule has 9 heteroatoms. The van der Waals surface area contributed by atoms with Gasteiger partial charge in [0.05, 0.1) is 17.2 Å². The summed E-state index contributed by atoms with van der Waals surface area (Å²) < 4.78 is 2.03. The molecule has 174 valence electrons. The van der Waals surface area contributed by atoms with E-state index in [0.717, 1.165) is 73.7 Å².